The molecule has 4 aromatic rings. The van der Waals surface area contributed by atoms with Gasteiger partial charge in [-0.1, -0.05) is 66.7 Å². The second-order valence-corrected chi connectivity index (χ2v) is 10.6. The summed E-state index contributed by atoms with van der Waals surface area (Å²) in [4.78, 5) is 21.6. The molecular weight excluding hydrogens is 603 g/mol. The van der Waals surface area contributed by atoms with Gasteiger partial charge in [-0.2, -0.15) is 13.2 Å². The van der Waals surface area contributed by atoms with Crippen LogP contribution in [0.5, 0.6) is 11.5 Å². The average Bonchev–Trinajstić information content (AvgIpc) is 3.07. The molecule has 1 fully saturated rings. The average molecular weight is 640 g/mol. The zero-order valence-electron chi connectivity index (χ0n) is 25.5. The lowest BCUT2D eigenvalue weighted by atomic mass is 9.87. The third-order valence-corrected chi connectivity index (χ3v) is 7.61. The molecule has 0 radical (unpaired) electrons. The molecule has 5 rings (SSSR count). The molecule has 0 aliphatic carbocycles. The molecule has 1 heterocycles. The van der Waals surface area contributed by atoms with Crippen molar-refractivity contribution in [1.82, 2.24) is 5.32 Å². The standard InChI is InChI=1S/C33H35NO5.C2HF3O2/c1-36-29-8-5-9-30(37-2)32(29)33(35)38-19-17-23-10-14-26(15-11-23)28-16-18-34-21-31(28)39-22-24-12-13-25-6-3-4-7-27(25)20-24;3-2(4,5)1(6)7/h3-15,20,28,31,34H,16-19,21-22H2,1-2H3;(H,6,7). The number of piperidine rings is 1. The Kier molecular flexibility index (Phi) is 12.0. The molecule has 1 aliphatic rings. The number of carbonyl (C=O) groups is 2. The van der Waals surface area contributed by atoms with E-state index in [1.807, 2.05) is 0 Å². The largest absolute Gasteiger partial charge is 0.496 e. The van der Waals surface area contributed by atoms with Gasteiger partial charge >= 0.3 is 18.1 Å². The van der Waals surface area contributed by atoms with Crippen LogP contribution in [-0.2, 0) is 27.3 Å². The number of carboxylic acids is 1. The van der Waals surface area contributed by atoms with E-state index in [9.17, 15) is 18.0 Å². The molecule has 46 heavy (non-hydrogen) atoms. The zero-order valence-corrected chi connectivity index (χ0v) is 25.5. The molecule has 0 bridgehead atoms. The minimum Gasteiger partial charge on any atom is -0.496 e. The molecular formula is C35H36F3NO7. The van der Waals surface area contributed by atoms with Gasteiger partial charge in [0.25, 0.3) is 0 Å². The molecule has 1 saturated heterocycles. The highest BCUT2D eigenvalue weighted by Gasteiger charge is 2.38. The van der Waals surface area contributed by atoms with Crippen LogP contribution in [0.4, 0.5) is 13.2 Å². The Morgan fingerprint density at radius 2 is 1.50 bits per heavy atom. The van der Waals surface area contributed by atoms with Crippen LogP contribution in [0.2, 0.25) is 0 Å². The molecule has 244 valence electrons. The predicted octanol–water partition coefficient (Wildman–Crippen LogP) is 6.55. The molecule has 0 saturated carbocycles. The lowest BCUT2D eigenvalue weighted by Crippen LogP contribution is -2.40. The highest BCUT2D eigenvalue weighted by atomic mass is 19.4. The van der Waals surface area contributed by atoms with E-state index in [1.54, 1.807) is 18.2 Å². The van der Waals surface area contributed by atoms with Crippen LogP contribution >= 0.6 is 0 Å². The van der Waals surface area contributed by atoms with Crippen LogP contribution in [-0.4, -0.2) is 63.2 Å². The maximum absolute atomic E-state index is 12.7. The normalized spacial score (nSPS) is 16.2. The molecule has 0 aromatic heterocycles. The summed E-state index contributed by atoms with van der Waals surface area (Å²) in [5.41, 5.74) is 3.88. The van der Waals surface area contributed by atoms with E-state index in [2.05, 4.69) is 72.0 Å². The SMILES string of the molecule is COc1cccc(OC)c1C(=O)OCCc1ccc(C2CCNCC2OCc2ccc3ccccc3c2)cc1.O=C(O)C(F)(F)F. The Balaban J connectivity index is 0.000000617. The van der Waals surface area contributed by atoms with Gasteiger partial charge in [0.2, 0.25) is 0 Å². The number of nitrogens with one attached hydrogen (secondary N) is 1. The van der Waals surface area contributed by atoms with E-state index in [0.717, 1.165) is 25.1 Å². The zero-order chi connectivity index (χ0) is 33.1. The fourth-order valence-corrected chi connectivity index (χ4v) is 5.24. The van der Waals surface area contributed by atoms with Gasteiger partial charge in [0, 0.05) is 18.9 Å². The van der Waals surface area contributed by atoms with Crippen molar-refractivity contribution in [2.45, 2.75) is 37.6 Å². The third kappa shape index (κ3) is 9.21. The highest BCUT2D eigenvalue weighted by molar-refractivity contribution is 5.95. The number of benzene rings is 4. The van der Waals surface area contributed by atoms with Crippen LogP contribution in [0.1, 0.15) is 39.4 Å². The Labute approximate surface area is 265 Å². The Morgan fingerprint density at radius 3 is 2.13 bits per heavy atom. The first-order valence-electron chi connectivity index (χ1n) is 14.7. The number of hydrogen-bond acceptors (Lipinski definition) is 7. The van der Waals surface area contributed by atoms with Crippen LogP contribution in [0.25, 0.3) is 10.8 Å². The van der Waals surface area contributed by atoms with E-state index < -0.39 is 18.1 Å². The van der Waals surface area contributed by atoms with Crippen molar-refractivity contribution in [1.29, 1.82) is 0 Å². The number of ether oxygens (including phenoxy) is 4. The summed E-state index contributed by atoms with van der Waals surface area (Å²) in [6.07, 6.45) is -3.33. The molecule has 2 N–H and O–H groups in total. The smallest absolute Gasteiger partial charge is 0.490 e. The molecule has 2 unspecified atom stereocenters. The van der Waals surface area contributed by atoms with Crippen molar-refractivity contribution < 1.29 is 46.8 Å². The minimum atomic E-state index is -5.08. The number of fused-ring (bicyclic) bond motifs is 1. The van der Waals surface area contributed by atoms with Gasteiger partial charge in [0.05, 0.1) is 33.5 Å². The Hall–Kier alpha value is -4.61. The molecule has 0 spiro atoms. The first kappa shape index (κ1) is 34.3. The van der Waals surface area contributed by atoms with Crippen molar-refractivity contribution in [3.8, 4) is 11.5 Å². The topological polar surface area (TPSA) is 103 Å². The summed E-state index contributed by atoms with van der Waals surface area (Å²) < 4.78 is 54.4. The third-order valence-electron chi connectivity index (χ3n) is 7.61. The number of esters is 1. The summed E-state index contributed by atoms with van der Waals surface area (Å²) >= 11 is 0. The fourth-order valence-electron chi connectivity index (χ4n) is 5.24. The second kappa shape index (κ2) is 16.1. The number of carbonyl (C=O) groups excluding carboxylic acids is 1. The van der Waals surface area contributed by atoms with Gasteiger partial charge in [0.1, 0.15) is 17.1 Å². The lowest BCUT2D eigenvalue weighted by molar-refractivity contribution is -0.192. The second-order valence-electron chi connectivity index (χ2n) is 10.6. The van der Waals surface area contributed by atoms with Crippen molar-refractivity contribution in [2.75, 3.05) is 33.9 Å². The Bertz CT molecular complexity index is 1590. The Morgan fingerprint density at radius 1 is 0.870 bits per heavy atom. The first-order chi connectivity index (χ1) is 22.1. The highest BCUT2D eigenvalue weighted by Crippen LogP contribution is 2.30. The van der Waals surface area contributed by atoms with Crippen molar-refractivity contribution in [3.63, 3.8) is 0 Å². The van der Waals surface area contributed by atoms with Gasteiger partial charge in [-0.15, -0.1) is 0 Å². The number of methoxy groups -OCH3 is 2. The van der Waals surface area contributed by atoms with Crippen molar-refractivity contribution >= 4 is 22.7 Å². The van der Waals surface area contributed by atoms with E-state index in [-0.39, 0.29) is 12.7 Å². The lowest BCUT2D eigenvalue weighted by Gasteiger charge is -2.32. The summed E-state index contributed by atoms with van der Waals surface area (Å²) in [7, 11) is 3.04. The van der Waals surface area contributed by atoms with E-state index in [0.29, 0.717) is 36.0 Å². The molecule has 8 nitrogen and oxygen atoms in total. The van der Waals surface area contributed by atoms with Gasteiger partial charge in [-0.05, 0) is 58.6 Å². The minimum absolute atomic E-state index is 0.104. The maximum Gasteiger partial charge on any atom is 0.490 e. The van der Waals surface area contributed by atoms with Crippen molar-refractivity contribution in [3.05, 3.63) is 107 Å². The van der Waals surface area contributed by atoms with Crippen molar-refractivity contribution in [2.24, 2.45) is 0 Å². The predicted molar refractivity (Wildman–Crippen MR) is 166 cm³/mol. The van der Waals surface area contributed by atoms with E-state index >= 15 is 0 Å². The molecule has 1 aliphatic heterocycles. The number of carboxylic acid groups (broad SMARTS) is 1. The number of halogens is 3. The molecule has 2 atom stereocenters. The number of hydrogen-bond donors (Lipinski definition) is 2. The molecule has 4 aromatic carbocycles. The molecule has 11 heteroatoms. The van der Waals surface area contributed by atoms with E-state index in [4.69, 9.17) is 28.8 Å². The number of rotatable bonds is 10. The maximum atomic E-state index is 12.7. The summed E-state index contributed by atoms with van der Waals surface area (Å²) in [5.74, 6) is -2.02. The summed E-state index contributed by atoms with van der Waals surface area (Å²) in [6, 6.07) is 28.8. The van der Waals surface area contributed by atoms with Crippen LogP contribution in [0, 0.1) is 0 Å². The first-order valence-corrected chi connectivity index (χ1v) is 14.7. The van der Waals surface area contributed by atoms with Crippen LogP contribution < -0.4 is 14.8 Å². The summed E-state index contributed by atoms with van der Waals surface area (Å²) in [6.45, 7) is 2.67. The monoisotopic (exact) mass is 639 g/mol. The quantitative estimate of drug-likeness (QED) is 0.188. The van der Waals surface area contributed by atoms with Gasteiger partial charge in [-0.3, -0.25) is 0 Å². The van der Waals surface area contributed by atoms with Crippen LogP contribution in [0.3, 0.4) is 0 Å². The number of aliphatic carboxylic acids is 1. The van der Waals surface area contributed by atoms with E-state index in [1.165, 1.54) is 36.1 Å². The number of alkyl halides is 3. The van der Waals surface area contributed by atoms with Gasteiger partial charge in [-0.25, -0.2) is 9.59 Å². The van der Waals surface area contributed by atoms with Crippen LogP contribution in [0.15, 0.2) is 84.9 Å². The fraction of sp³-hybridized carbons (Fsp3) is 0.314. The van der Waals surface area contributed by atoms with Gasteiger partial charge in [0.15, 0.2) is 0 Å². The summed E-state index contributed by atoms with van der Waals surface area (Å²) in [5, 5.41) is 13.1. The molecule has 0 amide bonds. The van der Waals surface area contributed by atoms with Gasteiger partial charge < -0.3 is 29.4 Å².